The summed E-state index contributed by atoms with van der Waals surface area (Å²) in [6.07, 6.45) is 2.57. The van der Waals surface area contributed by atoms with Gasteiger partial charge >= 0.3 is 0 Å². The molecule has 1 fully saturated rings. The monoisotopic (exact) mass is 320 g/mol. The molecule has 1 aliphatic heterocycles. The third-order valence-electron chi connectivity index (χ3n) is 4.22. The van der Waals surface area contributed by atoms with E-state index in [-0.39, 0.29) is 17.3 Å². The number of benzene rings is 1. The highest BCUT2D eigenvalue weighted by atomic mass is 19.1. The van der Waals surface area contributed by atoms with Gasteiger partial charge in [-0.3, -0.25) is 9.78 Å². The van der Waals surface area contributed by atoms with Crippen molar-refractivity contribution in [3.63, 3.8) is 0 Å². The molecule has 23 heavy (non-hydrogen) atoms. The molecule has 1 amide bonds. The number of hydrogen-bond acceptors (Lipinski definition) is 3. The number of fused-ring (bicyclic) bond motifs is 1. The van der Waals surface area contributed by atoms with Gasteiger partial charge in [0.2, 0.25) is 5.91 Å². The van der Waals surface area contributed by atoms with Crippen molar-refractivity contribution in [3.05, 3.63) is 41.6 Å². The normalized spacial score (nSPS) is 18.1. The number of pyridine rings is 1. The fourth-order valence-corrected chi connectivity index (χ4v) is 3.13. The van der Waals surface area contributed by atoms with Crippen LogP contribution in [0.2, 0.25) is 0 Å². The minimum Gasteiger partial charge on any atom is -0.383 e. The lowest BCUT2D eigenvalue weighted by Crippen LogP contribution is -2.28. The van der Waals surface area contributed by atoms with Gasteiger partial charge in [-0.1, -0.05) is 0 Å². The Balaban J connectivity index is 1.81. The first-order valence-electron chi connectivity index (χ1n) is 7.58. The van der Waals surface area contributed by atoms with E-state index in [9.17, 15) is 13.6 Å². The molecule has 1 saturated heterocycles. The van der Waals surface area contributed by atoms with Gasteiger partial charge in [0.25, 0.3) is 0 Å². The number of carbonyl (C=O) groups excluding carboxylic acids is 1. The zero-order valence-electron chi connectivity index (χ0n) is 12.9. The number of ether oxygens (including phenoxy) is 1. The number of rotatable bonds is 5. The molecule has 1 aliphatic rings. The Morgan fingerprint density at radius 3 is 3.00 bits per heavy atom. The first kappa shape index (κ1) is 15.8. The van der Waals surface area contributed by atoms with E-state index in [1.807, 2.05) is 0 Å². The van der Waals surface area contributed by atoms with E-state index < -0.39 is 11.6 Å². The lowest BCUT2D eigenvalue weighted by atomic mass is 9.96. The Bertz CT molecular complexity index is 736. The summed E-state index contributed by atoms with van der Waals surface area (Å²) in [5.74, 6) is -1.04. The van der Waals surface area contributed by atoms with Crippen LogP contribution in [0.5, 0.6) is 0 Å². The predicted molar refractivity (Wildman–Crippen MR) is 81.9 cm³/mol. The third kappa shape index (κ3) is 3.32. The molecule has 0 N–H and O–H groups in total. The fourth-order valence-electron chi connectivity index (χ4n) is 3.13. The number of aromatic nitrogens is 1. The van der Waals surface area contributed by atoms with Crippen molar-refractivity contribution in [2.45, 2.75) is 12.8 Å². The van der Waals surface area contributed by atoms with Crippen LogP contribution in [0, 0.1) is 17.6 Å². The molecule has 2 aromatic rings. The maximum atomic E-state index is 13.8. The Labute approximate surface area is 133 Å². The zero-order chi connectivity index (χ0) is 16.4. The Morgan fingerprint density at radius 2 is 2.22 bits per heavy atom. The summed E-state index contributed by atoms with van der Waals surface area (Å²) < 4.78 is 32.3. The average molecular weight is 320 g/mol. The summed E-state index contributed by atoms with van der Waals surface area (Å²) in [5.41, 5.74) is 0.990. The minimum absolute atomic E-state index is 0.0998. The molecule has 122 valence electrons. The molecule has 2 heterocycles. The van der Waals surface area contributed by atoms with Crippen molar-refractivity contribution in [1.82, 2.24) is 9.88 Å². The van der Waals surface area contributed by atoms with Gasteiger partial charge in [0, 0.05) is 44.3 Å². The largest absolute Gasteiger partial charge is 0.383 e. The lowest BCUT2D eigenvalue weighted by Gasteiger charge is -2.16. The van der Waals surface area contributed by atoms with Crippen LogP contribution in [0.1, 0.15) is 12.0 Å². The second kappa shape index (κ2) is 6.58. The fraction of sp³-hybridized carbons (Fsp3) is 0.412. The van der Waals surface area contributed by atoms with Gasteiger partial charge in [0.1, 0.15) is 11.3 Å². The third-order valence-corrected chi connectivity index (χ3v) is 4.22. The molecular formula is C17H18F2N2O2. The van der Waals surface area contributed by atoms with Crippen LogP contribution in [0.3, 0.4) is 0 Å². The highest BCUT2D eigenvalue weighted by molar-refractivity contribution is 5.83. The Kier molecular flexibility index (Phi) is 4.52. The number of nitrogens with zero attached hydrogens (tertiary/aromatic N) is 2. The van der Waals surface area contributed by atoms with Crippen LogP contribution in [0.25, 0.3) is 10.9 Å². The number of carbonyl (C=O) groups is 1. The molecule has 3 rings (SSSR count). The van der Waals surface area contributed by atoms with Gasteiger partial charge in [-0.25, -0.2) is 8.78 Å². The summed E-state index contributed by atoms with van der Waals surface area (Å²) in [5, 5.41) is 0.479. The van der Waals surface area contributed by atoms with Crippen molar-refractivity contribution in [1.29, 1.82) is 0 Å². The van der Waals surface area contributed by atoms with E-state index in [1.54, 1.807) is 18.1 Å². The molecule has 6 heteroatoms. The summed E-state index contributed by atoms with van der Waals surface area (Å²) in [4.78, 5) is 17.8. The molecular weight excluding hydrogens is 302 g/mol. The standard InChI is InChI=1S/C17H18F2N2O2/c1-23-5-4-21-10-11(7-16(21)22)6-12-2-3-20-17-14(12)8-13(18)9-15(17)19/h2-3,8-9,11H,4-7,10H2,1H3/t11-/m1/s1. The van der Waals surface area contributed by atoms with Gasteiger partial charge < -0.3 is 9.64 Å². The number of likely N-dealkylation sites (tertiary alicyclic amines) is 1. The Morgan fingerprint density at radius 1 is 1.39 bits per heavy atom. The number of methoxy groups -OCH3 is 1. The van der Waals surface area contributed by atoms with Crippen molar-refractivity contribution >= 4 is 16.8 Å². The van der Waals surface area contributed by atoms with Gasteiger partial charge in [-0.2, -0.15) is 0 Å². The van der Waals surface area contributed by atoms with Crippen molar-refractivity contribution in [2.24, 2.45) is 5.92 Å². The molecule has 1 aromatic heterocycles. The molecule has 0 saturated carbocycles. The summed E-state index contributed by atoms with van der Waals surface area (Å²) in [7, 11) is 1.60. The molecule has 1 aromatic carbocycles. The van der Waals surface area contributed by atoms with Crippen LogP contribution in [0.4, 0.5) is 8.78 Å². The maximum Gasteiger partial charge on any atom is 0.223 e. The average Bonchev–Trinajstić information content (AvgIpc) is 2.85. The van der Waals surface area contributed by atoms with Crippen molar-refractivity contribution < 1.29 is 18.3 Å². The minimum atomic E-state index is -0.661. The second-order valence-corrected chi connectivity index (χ2v) is 5.86. The van der Waals surface area contributed by atoms with Crippen LogP contribution >= 0.6 is 0 Å². The van der Waals surface area contributed by atoms with Gasteiger partial charge in [0.05, 0.1) is 6.61 Å². The predicted octanol–water partition coefficient (Wildman–Crippen LogP) is 2.55. The SMILES string of the molecule is COCCN1C[C@H](Cc2ccnc3c(F)cc(F)cc23)CC1=O. The van der Waals surface area contributed by atoms with E-state index >= 15 is 0 Å². The van der Waals surface area contributed by atoms with Crippen molar-refractivity contribution in [3.8, 4) is 0 Å². The van der Waals surface area contributed by atoms with Crippen LogP contribution in [-0.2, 0) is 16.0 Å². The molecule has 0 unspecified atom stereocenters. The van der Waals surface area contributed by atoms with Crippen molar-refractivity contribution in [2.75, 3.05) is 26.8 Å². The summed E-state index contributed by atoms with van der Waals surface area (Å²) in [6.45, 7) is 1.73. The highest BCUT2D eigenvalue weighted by Gasteiger charge is 2.29. The number of amides is 1. The zero-order valence-corrected chi connectivity index (χ0v) is 12.9. The van der Waals surface area contributed by atoms with E-state index in [4.69, 9.17) is 4.74 Å². The van der Waals surface area contributed by atoms with E-state index in [0.29, 0.717) is 37.9 Å². The summed E-state index contributed by atoms with van der Waals surface area (Å²) >= 11 is 0. The van der Waals surface area contributed by atoms with Crippen LogP contribution in [-0.4, -0.2) is 42.6 Å². The first-order chi connectivity index (χ1) is 11.1. The highest BCUT2D eigenvalue weighted by Crippen LogP contribution is 2.27. The molecule has 0 bridgehead atoms. The van der Waals surface area contributed by atoms with Gasteiger partial charge in [-0.05, 0) is 30.0 Å². The number of hydrogen-bond donors (Lipinski definition) is 0. The first-order valence-corrected chi connectivity index (χ1v) is 7.58. The van der Waals surface area contributed by atoms with Gasteiger partial charge in [0.15, 0.2) is 5.82 Å². The van der Waals surface area contributed by atoms with Gasteiger partial charge in [-0.15, -0.1) is 0 Å². The van der Waals surface area contributed by atoms with E-state index in [0.717, 1.165) is 11.6 Å². The smallest absolute Gasteiger partial charge is 0.223 e. The number of halogens is 2. The Hall–Kier alpha value is -2.08. The van der Waals surface area contributed by atoms with Crippen LogP contribution in [0.15, 0.2) is 24.4 Å². The molecule has 0 aliphatic carbocycles. The second-order valence-electron chi connectivity index (χ2n) is 5.86. The molecule has 0 radical (unpaired) electrons. The summed E-state index contributed by atoms with van der Waals surface area (Å²) in [6, 6.07) is 3.91. The van der Waals surface area contributed by atoms with E-state index in [2.05, 4.69) is 4.98 Å². The topological polar surface area (TPSA) is 42.4 Å². The van der Waals surface area contributed by atoms with Crippen LogP contribution < -0.4 is 0 Å². The molecule has 0 spiro atoms. The van der Waals surface area contributed by atoms with E-state index in [1.165, 1.54) is 12.3 Å². The lowest BCUT2D eigenvalue weighted by molar-refractivity contribution is -0.128. The quantitative estimate of drug-likeness (QED) is 0.850. The molecule has 4 nitrogen and oxygen atoms in total. The maximum absolute atomic E-state index is 13.8. The molecule has 1 atom stereocenters.